The van der Waals surface area contributed by atoms with E-state index < -0.39 is 24.9 Å². The van der Waals surface area contributed by atoms with Crippen molar-refractivity contribution in [2.75, 3.05) is 5.32 Å². The standard InChI is InChI=1S/C15H14F4N2O3S/c1-2-13-20-8(7-25-13)5-12(22)21-10-4-3-9(23-14(16)17)6-11(10)24-15(18)19/h3-4,6-7,14-15H,2,5H2,1H3,(H,21,22). The number of hydrogen-bond acceptors (Lipinski definition) is 5. The zero-order valence-corrected chi connectivity index (χ0v) is 13.8. The lowest BCUT2D eigenvalue weighted by molar-refractivity contribution is -0.115. The largest absolute Gasteiger partial charge is 0.435 e. The highest BCUT2D eigenvalue weighted by atomic mass is 32.1. The number of amides is 1. The predicted molar refractivity (Wildman–Crippen MR) is 83.5 cm³/mol. The summed E-state index contributed by atoms with van der Waals surface area (Å²) in [6.45, 7) is -4.37. The van der Waals surface area contributed by atoms with Crippen LogP contribution in [-0.4, -0.2) is 24.1 Å². The monoisotopic (exact) mass is 378 g/mol. The molecule has 0 radical (unpaired) electrons. The average Bonchev–Trinajstić information content (AvgIpc) is 2.96. The Morgan fingerprint density at radius 2 is 1.96 bits per heavy atom. The topological polar surface area (TPSA) is 60.5 Å². The highest BCUT2D eigenvalue weighted by Crippen LogP contribution is 2.31. The normalized spacial score (nSPS) is 11.0. The van der Waals surface area contributed by atoms with E-state index in [9.17, 15) is 22.4 Å². The summed E-state index contributed by atoms with van der Waals surface area (Å²) in [5, 5.41) is 5.00. The number of benzene rings is 1. The molecule has 0 fully saturated rings. The first-order valence-corrected chi connectivity index (χ1v) is 8.02. The van der Waals surface area contributed by atoms with Crippen LogP contribution in [0.5, 0.6) is 11.5 Å². The van der Waals surface area contributed by atoms with E-state index in [1.807, 2.05) is 6.92 Å². The van der Waals surface area contributed by atoms with Crippen molar-refractivity contribution in [1.82, 2.24) is 4.98 Å². The third-order valence-electron chi connectivity index (χ3n) is 2.91. The van der Waals surface area contributed by atoms with E-state index >= 15 is 0 Å². The summed E-state index contributed by atoms with van der Waals surface area (Å²) >= 11 is 1.41. The van der Waals surface area contributed by atoms with Crippen molar-refractivity contribution >= 4 is 22.9 Å². The van der Waals surface area contributed by atoms with Crippen LogP contribution in [-0.2, 0) is 17.6 Å². The van der Waals surface area contributed by atoms with Crippen LogP contribution in [0.2, 0.25) is 0 Å². The highest BCUT2D eigenvalue weighted by Gasteiger charge is 2.16. The summed E-state index contributed by atoms with van der Waals surface area (Å²) in [5.41, 5.74) is 0.464. The Bertz CT molecular complexity index is 725. The molecule has 1 aromatic carbocycles. The van der Waals surface area contributed by atoms with E-state index in [1.165, 1.54) is 11.3 Å². The summed E-state index contributed by atoms with van der Waals surface area (Å²) in [4.78, 5) is 16.3. The van der Waals surface area contributed by atoms with E-state index in [-0.39, 0.29) is 17.9 Å². The molecule has 2 rings (SSSR count). The molecule has 136 valence electrons. The van der Waals surface area contributed by atoms with Crippen LogP contribution in [0.1, 0.15) is 17.6 Å². The third-order valence-corrected chi connectivity index (χ3v) is 3.95. The van der Waals surface area contributed by atoms with Gasteiger partial charge in [-0.05, 0) is 18.6 Å². The Hall–Kier alpha value is -2.36. The first kappa shape index (κ1) is 19.0. The Morgan fingerprint density at radius 3 is 2.56 bits per heavy atom. The minimum Gasteiger partial charge on any atom is -0.435 e. The summed E-state index contributed by atoms with van der Waals surface area (Å²) in [6, 6.07) is 3.11. The minimum atomic E-state index is -3.19. The molecule has 0 atom stereocenters. The lowest BCUT2D eigenvalue weighted by atomic mass is 10.2. The molecule has 0 aliphatic heterocycles. The van der Waals surface area contributed by atoms with Crippen LogP contribution in [0.25, 0.3) is 0 Å². The first-order chi connectivity index (χ1) is 11.9. The molecule has 0 unspecified atom stereocenters. The molecule has 0 spiro atoms. The van der Waals surface area contributed by atoms with Crippen molar-refractivity contribution in [3.05, 3.63) is 34.3 Å². The first-order valence-electron chi connectivity index (χ1n) is 7.14. The van der Waals surface area contributed by atoms with Gasteiger partial charge in [-0.1, -0.05) is 6.92 Å². The van der Waals surface area contributed by atoms with Gasteiger partial charge in [0.2, 0.25) is 5.91 Å². The predicted octanol–water partition coefficient (Wildman–Crippen LogP) is 4.09. The molecular formula is C15H14F4N2O3S. The van der Waals surface area contributed by atoms with Gasteiger partial charge in [0.15, 0.2) is 5.75 Å². The number of rotatable bonds is 8. The summed E-state index contributed by atoms with van der Waals surface area (Å²) in [6.07, 6.45) is 0.685. The summed E-state index contributed by atoms with van der Waals surface area (Å²) < 4.78 is 57.8. The van der Waals surface area contributed by atoms with Gasteiger partial charge in [-0.2, -0.15) is 17.6 Å². The molecular weight excluding hydrogens is 364 g/mol. The molecule has 1 aromatic heterocycles. The smallest absolute Gasteiger partial charge is 0.387 e. The van der Waals surface area contributed by atoms with E-state index in [4.69, 9.17) is 0 Å². The molecule has 1 amide bonds. The van der Waals surface area contributed by atoms with Crippen molar-refractivity contribution in [2.45, 2.75) is 33.0 Å². The Kier molecular flexibility index (Phi) is 6.57. The van der Waals surface area contributed by atoms with E-state index in [0.717, 1.165) is 29.6 Å². The van der Waals surface area contributed by atoms with Crippen molar-refractivity contribution in [1.29, 1.82) is 0 Å². The number of thiazole rings is 1. The van der Waals surface area contributed by atoms with Crippen LogP contribution in [0.3, 0.4) is 0 Å². The van der Waals surface area contributed by atoms with Crippen LogP contribution in [0, 0.1) is 0 Å². The number of anilines is 1. The van der Waals surface area contributed by atoms with Gasteiger partial charge in [-0.3, -0.25) is 4.79 Å². The van der Waals surface area contributed by atoms with Crippen LogP contribution >= 0.6 is 11.3 Å². The highest BCUT2D eigenvalue weighted by molar-refractivity contribution is 7.09. The van der Waals surface area contributed by atoms with Crippen molar-refractivity contribution in [3.8, 4) is 11.5 Å². The van der Waals surface area contributed by atoms with E-state index in [0.29, 0.717) is 5.69 Å². The third kappa shape index (κ3) is 5.89. The maximum Gasteiger partial charge on any atom is 0.387 e. The van der Waals surface area contributed by atoms with E-state index in [1.54, 1.807) is 5.38 Å². The van der Waals surface area contributed by atoms with E-state index in [2.05, 4.69) is 19.8 Å². The number of nitrogens with zero attached hydrogens (tertiary/aromatic N) is 1. The Labute approximate surface area is 144 Å². The Morgan fingerprint density at radius 1 is 1.24 bits per heavy atom. The number of aryl methyl sites for hydroxylation is 1. The lowest BCUT2D eigenvalue weighted by Gasteiger charge is -2.13. The molecule has 25 heavy (non-hydrogen) atoms. The second kappa shape index (κ2) is 8.65. The summed E-state index contributed by atoms with van der Waals surface area (Å²) in [7, 11) is 0. The van der Waals surface area contributed by atoms with Gasteiger partial charge in [0, 0.05) is 11.4 Å². The van der Waals surface area contributed by atoms with Crippen molar-refractivity contribution < 1.29 is 31.8 Å². The fraction of sp³-hybridized carbons (Fsp3) is 0.333. The minimum absolute atomic E-state index is 0.0557. The molecule has 0 saturated carbocycles. The van der Waals surface area contributed by atoms with Crippen molar-refractivity contribution in [3.63, 3.8) is 0 Å². The van der Waals surface area contributed by atoms with Crippen LogP contribution in [0.4, 0.5) is 23.2 Å². The number of hydrogen-bond donors (Lipinski definition) is 1. The summed E-state index contributed by atoms with van der Waals surface area (Å²) in [5.74, 6) is -1.35. The lowest BCUT2D eigenvalue weighted by Crippen LogP contribution is -2.16. The van der Waals surface area contributed by atoms with Gasteiger partial charge in [0.1, 0.15) is 5.75 Å². The molecule has 5 nitrogen and oxygen atoms in total. The van der Waals surface area contributed by atoms with Gasteiger partial charge >= 0.3 is 13.2 Å². The van der Waals surface area contributed by atoms with Crippen molar-refractivity contribution in [2.24, 2.45) is 0 Å². The zero-order chi connectivity index (χ0) is 18.4. The molecule has 0 bridgehead atoms. The van der Waals surface area contributed by atoms with Gasteiger partial charge in [-0.25, -0.2) is 4.98 Å². The average molecular weight is 378 g/mol. The number of carbonyl (C=O) groups is 1. The number of alkyl halides is 4. The van der Waals surface area contributed by atoms with Gasteiger partial charge in [-0.15, -0.1) is 11.3 Å². The quantitative estimate of drug-likeness (QED) is 0.703. The van der Waals surface area contributed by atoms with Gasteiger partial charge < -0.3 is 14.8 Å². The zero-order valence-electron chi connectivity index (χ0n) is 13.0. The van der Waals surface area contributed by atoms with Crippen LogP contribution in [0.15, 0.2) is 23.6 Å². The second-order valence-electron chi connectivity index (χ2n) is 4.73. The van der Waals surface area contributed by atoms with Crippen LogP contribution < -0.4 is 14.8 Å². The number of ether oxygens (including phenoxy) is 2. The molecule has 0 saturated heterocycles. The number of carbonyl (C=O) groups excluding carboxylic acids is 1. The maximum absolute atomic E-state index is 12.5. The molecule has 0 aliphatic rings. The molecule has 10 heteroatoms. The number of halogens is 4. The fourth-order valence-electron chi connectivity index (χ4n) is 1.93. The van der Waals surface area contributed by atoms with Gasteiger partial charge in [0.25, 0.3) is 0 Å². The maximum atomic E-state index is 12.5. The SMILES string of the molecule is CCc1nc(CC(=O)Nc2ccc(OC(F)F)cc2OC(F)F)cs1. The number of nitrogens with one attached hydrogen (secondary N) is 1. The number of aromatic nitrogens is 1. The molecule has 1 N–H and O–H groups in total. The van der Waals surface area contributed by atoms with Gasteiger partial charge in [0.05, 0.1) is 22.8 Å². The Balaban J connectivity index is 2.11. The second-order valence-corrected chi connectivity index (χ2v) is 5.67. The fourth-order valence-corrected chi connectivity index (χ4v) is 2.67. The molecule has 2 aromatic rings. The molecule has 0 aliphatic carbocycles. The molecule has 1 heterocycles.